The van der Waals surface area contributed by atoms with Crippen LogP contribution in [0.1, 0.15) is 91.9 Å². The SMILES string of the molecule is CC(CCCC(C)(O)C(=O)O)C1CCC2C3C(CCC12C)C1(C)CC[C@H](O)CC1=C[C@@H]3O. The molecule has 10 atom stereocenters. The molecule has 3 saturated carbocycles. The van der Waals surface area contributed by atoms with E-state index in [1.165, 1.54) is 31.8 Å². The van der Waals surface area contributed by atoms with Crippen LogP contribution >= 0.6 is 0 Å². The Bertz CT molecular complexity index is 759. The smallest absolute Gasteiger partial charge is 0.335 e. The molecule has 0 heterocycles. The van der Waals surface area contributed by atoms with Crippen molar-refractivity contribution in [2.45, 2.75) is 110 Å². The molecule has 5 heteroatoms. The van der Waals surface area contributed by atoms with Gasteiger partial charge in [0.2, 0.25) is 0 Å². The van der Waals surface area contributed by atoms with Crippen LogP contribution in [-0.2, 0) is 4.79 Å². The third-order valence-electron chi connectivity index (χ3n) is 10.6. The first-order valence-corrected chi connectivity index (χ1v) is 12.9. The second-order valence-corrected chi connectivity index (χ2v) is 12.5. The summed E-state index contributed by atoms with van der Waals surface area (Å²) in [5.41, 5.74) is -0.00956. The molecule has 0 amide bonds. The summed E-state index contributed by atoms with van der Waals surface area (Å²) in [5.74, 6) is 1.26. The normalized spacial score (nSPS) is 46.3. The Kier molecular flexibility index (Phi) is 6.35. The highest BCUT2D eigenvalue weighted by Gasteiger charge is 2.61. The van der Waals surface area contributed by atoms with E-state index in [1.54, 1.807) is 0 Å². The van der Waals surface area contributed by atoms with Crippen LogP contribution in [0.4, 0.5) is 0 Å². The fourth-order valence-electron chi connectivity index (χ4n) is 8.68. The molecule has 0 saturated heterocycles. The van der Waals surface area contributed by atoms with Crippen molar-refractivity contribution in [1.82, 2.24) is 0 Å². The zero-order valence-electron chi connectivity index (χ0n) is 20.4. The molecule has 32 heavy (non-hydrogen) atoms. The van der Waals surface area contributed by atoms with E-state index in [1.807, 2.05) is 0 Å². The minimum Gasteiger partial charge on any atom is -0.479 e. The van der Waals surface area contributed by atoms with Crippen molar-refractivity contribution in [3.63, 3.8) is 0 Å². The molecule has 0 bridgehead atoms. The summed E-state index contributed by atoms with van der Waals surface area (Å²) in [6.07, 6.45) is 10.7. The highest BCUT2D eigenvalue weighted by atomic mass is 16.4. The summed E-state index contributed by atoms with van der Waals surface area (Å²) in [4.78, 5) is 11.2. The third kappa shape index (κ3) is 3.86. The lowest BCUT2D eigenvalue weighted by Crippen LogP contribution is -2.54. The van der Waals surface area contributed by atoms with E-state index in [9.17, 15) is 25.2 Å². The fraction of sp³-hybridized carbons (Fsp3) is 0.889. The summed E-state index contributed by atoms with van der Waals surface area (Å²) >= 11 is 0. The summed E-state index contributed by atoms with van der Waals surface area (Å²) in [6, 6.07) is 0. The first kappa shape index (κ1) is 24.2. The van der Waals surface area contributed by atoms with E-state index in [-0.39, 0.29) is 16.9 Å². The molecule has 0 aliphatic heterocycles. The van der Waals surface area contributed by atoms with Crippen LogP contribution in [0, 0.1) is 40.4 Å². The van der Waals surface area contributed by atoms with Crippen LogP contribution in [0.2, 0.25) is 0 Å². The summed E-state index contributed by atoms with van der Waals surface area (Å²) in [6.45, 7) is 8.54. The van der Waals surface area contributed by atoms with Gasteiger partial charge in [-0.25, -0.2) is 4.79 Å². The molecule has 4 rings (SSSR count). The number of aliphatic carboxylic acids is 1. The van der Waals surface area contributed by atoms with Gasteiger partial charge in [-0.05, 0) is 105 Å². The third-order valence-corrected chi connectivity index (χ3v) is 10.6. The second kappa shape index (κ2) is 8.39. The van der Waals surface area contributed by atoms with E-state index < -0.39 is 17.7 Å². The van der Waals surface area contributed by atoms with Crippen LogP contribution in [-0.4, -0.2) is 44.2 Å². The number of fused-ring (bicyclic) bond motifs is 5. The summed E-state index contributed by atoms with van der Waals surface area (Å²) < 4.78 is 0. The highest BCUT2D eigenvalue weighted by Crippen LogP contribution is 2.67. The van der Waals surface area contributed by atoms with Crippen LogP contribution < -0.4 is 0 Å². The molecule has 182 valence electrons. The van der Waals surface area contributed by atoms with Gasteiger partial charge < -0.3 is 20.4 Å². The van der Waals surface area contributed by atoms with E-state index in [2.05, 4.69) is 26.8 Å². The van der Waals surface area contributed by atoms with Crippen molar-refractivity contribution in [3.8, 4) is 0 Å². The maximum Gasteiger partial charge on any atom is 0.335 e. The molecule has 4 aliphatic rings. The number of carbonyl (C=O) groups is 1. The second-order valence-electron chi connectivity index (χ2n) is 12.5. The zero-order chi connectivity index (χ0) is 23.5. The summed E-state index contributed by atoms with van der Waals surface area (Å²) in [7, 11) is 0. The van der Waals surface area contributed by atoms with Crippen molar-refractivity contribution in [1.29, 1.82) is 0 Å². The van der Waals surface area contributed by atoms with E-state index in [4.69, 9.17) is 0 Å². The number of carboxylic acids is 1. The van der Waals surface area contributed by atoms with Gasteiger partial charge in [0.1, 0.15) is 0 Å². The predicted octanol–water partition coefficient (Wildman–Crippen LogP) is 4.54. The number of rotatable bonds is 6. The first-order chi connectivity index (χ1) is 14.9. The molecule has 0 spiro atoms. The molecular formula is C27H44O5. The van der Waals surface area contributed by atoms with Crippen LogP contribution in [0.3, 0.4) is 0 Å². The molecule has 0 aromatic rings. The molecule has 5 nitrogen and oxygen atoms in total. The standard InChI is InChI=1S/C27H44O5/c1-16(6-5-11-27(4,32)24(30)31)19-7-8-20-23-21(10-13-26(19,20)3)25(2)12-9-18(28)14-17(25)15-22(23)29/h15-16,18-23,28-29,32H,5-14H2,1-4H3,(H,30,31)/t16?,18-,19?,20?,21?,22-,23?,25?,26?,27?/m0/s1. The quantitative estimate of drug-likeness (QED) is 0.447. The molecule has 8 unspecified atom stereocenters. The zero-order valence-corrected chi connectivity index (χ0v) is 20.4. The van der Waals surface area contributed by atoms with Crippen molar-refractivity contribution >= 4 is 5.97 Å². The largest absolute Gasteiger partial charge is 0.479 e. The molecule has 0 aromatic carbocycles. The predicted molar refractivity (Wildman–Crippen MR) is 124 cm³/mol. The van der Waals surface area contributed by atoms with Gasteiger partial charge in [0.15, 0.2) is 5.60 Å². The van der Waals surface area contributed by atoms with Crippen LogP contribution in [0.15, 0.2) is 11.6 Å². The van der Waals surface area contributed by atoms with Gasteiger partial charge in [-0.1, -0.05) is 38.8 Å². The number of aliphatic hydroxyl groups is 3. The van der Waals surface area contributed by atoms with Gasteiger partial charge in [0.05, 0.1) is 12.2 Å². The van der Waals surface area contributed by atoms with Crippen LogP contribution in [0.5, 0.6) is 0 Å². The molecule has 4 N–H and O–H groups in total. The minimum atomic E-state index is -1.64. The molecular weight excluding hydrogens is 404 g/mol. The maximum atomic E-state index is 11.3. The average Bonchev–Trinajstić information content (AvgIpc) is 3.06. The summed E-state index contributed by atoms with van der Waals surface area (Å²) in [5, 5.41) is 40.7. The Morgan fingerprint density at radius 1 is 1.16 bits per heavy atom. The average molecular weight is 449 g/mol. The van der Waals surface area contributed by atoms with Gasteiger partial charge in [-0.15, -0.1) is 0 Å². The topological polar surface area (TPSA) is 98.0 Å². The van der Waals surface area contributed by atoms with Crippen molar-refractivity contribution in [2.24, 2.45) is 40.4 Å². The Balaban J connectivity index is 1.48. The minimum absolute atomic E-state index is 0.122. The molecule has 0 aromatic heterocycles. The van der Waals surface area contributed by atoms with E-state index >= 15 is 0 Å². The first-order valence-electron chi connectivity index (χ1n) is 12.9. The Morgan fingerprint density at radius 2 is 1.88 bits per heavy atom. The molecule has 0 radical (unpaired) electrons. The van der Waals surface area contributed by atoms with E-state index in [0.29, 0.717) is 36.0 Å². The number of carboxylic acid groups (broad SMARTS) is 1. The Labute approximate surface area is 193 Å². The number of hydrogen-bond donors (Lipinski definition) is 4. The van der Waals surface area contributed by atoms with E-state index in [0.717, 1.165) is 38.5 Å². The van der Waals surface area contributed by atoms with Crippen molar-refractivity contribution in [3.05, 3.63) is 11.6 Å². The van der Waals surface area contributed by atoms with Gasteiger partial charge in [0.25, 0.3) is 0 Å². The van der Waals surface area contributed by atoms with Gasteiger partial charge in [0, 0.05) is 0 Å². The van der Waals surface area contributed by atoms with Crippen LogP contribution in [0.25, 0.3) is 0 Å². The van der Waals surface area contributed by atoms with Gasteiger partial charge >= 0.3 is 5.97 Å². The number of aliphatic hydroxyl groups excluding tert-OH is 2. The Hall–Kier alpha value is -0.910. The lowest BCUT2D eigenvalue weighted by Gasteiger charge is -2.59. The van der Waals surface area contributed by atoms with Gasteiger partial charge in [-0.2, -0.15) is 0 Å². The monoisotopic (exact) mass is 448 g/mol. The Morgan fingerprint density at radius 3 is 2.56 bits per heavy atom. The lowest BCUT2D eigenvalue weighted by atomic mass is 9.46. The molecule has 4 aliphatic carbocycles. The molecule has 3 fully saturated rings. The fourth-order valence-corrected chi connectivity index (χ4v) is 8.68. The van der Waals surface area contributed by atoms with Crippen molar-refractivity contribution < 1.29 is 25.2 Å². The number of hydrogen-bond acceptors (Lipinski definition) is 4. The van der Waals surface area contributed by atoms with Gasteiger partial charge in [-0.3, -0.25) is 0 Å². The maximum absolute atomic E-state index is 11.3. The van der Waals surface area contributed by atoms with Crippen molar-refractivity contribution in [2.75, 3.05) is 0 Å². The highest BCUT2D eigenvalue weighted by molar-refractivity contribution is 5.76. The lowest BCUT2D eigenvalue weighted by molar-refractivity contribution is -0.157.